The van der Waals surface area contributed by atoms with Crippen molar-refractivity contribution in [1.82, 2.24) is 5.32 Å². The van der Waals surface area contributed by atoms with Gasteiger partial charge in [-0.3, -0.25) is 4.79 Å². The van der Waals surface area contributed by atoms with Gasteiger partial charge in [0.2, 0.25) is 5.91 Å². The lowest BCUT2D eigenvalue weighted by atomic mass is 10.1. The number of amides is 1. The van der Waals surface area contributed by atoms with Crippen molar-refractivity contribution in [2.45, 2.75) is 19.4 Å². The Balaban J connectivity index is 3.01. The summed E-state index contributed by atoms with van der Waals surface area (Å²) in [4.78, 5) is 11.3. The van der Waals surface area contributed by atoms with Gasteiger partial charge in [-0.05, 0) is 24.6 Å². The van der Waals surface area contributed by atoms with E-state index >= 15 is 0 Å². The topological polar surface area (TPSA) is 55.1 Å². The zero-order valence-electron chi connectivity index (χ0n) is 8.97. The van der Waals surface area contributed by atoms with Crippen molar-refractivity contribution in [1.29, 1.82) is 0 Å². The van der Waals surface area contributed by atoms with Crippen molar-refractivity contribution in [3.8, 4) is 0 Å². The third-order valence-corrected chi connectivity index (χ3v) is 3.01. The van der Waals surface area contributed by atoms with Crippen molar-refractivity contribution < 1.29 is 4.79 Å². The molecule has 1 unspecified atom stereocenters. The summed E-state index contributed by atoms with van der Waals surface area (Å²) < 4.78 is 0. The smallest absolute Gasteiger partial charge is 0.239 e. The molecule has 0 radical (unpaired) electrons. The molecule has 1 rings (SSSR count). The van der Waals surface area contributed by atoms with Gasteiger partial charge in [0.05, 0.1) is 10.0 Å². The van der Waals surface area contributed by atoms with Gasteiger partial charge in [0.1, 0.15) is 6.04 Å². The Morgan fingerprint density at radius 3 is 2.75 bits per heavy atom. The van der Waals surface area contributed by atoms with E-state index < -0.39 is 11.9 Å². The van der Waals surface area contributed by atoms with Crippen molar-refractivity contribution in [3.63, 3.8) is 0 Å². The highest BCUT2D eigenvalue weighted by Gasteiger charge is 2.20. The average molecular weight is 261 g/mol. The minimum Gasteiger partial charge on any atom is -0.368 e. The molecule has 3 nitrogen and oxygen atoms in total. The number of halogens is 2. The molecule has 1 aromatic carbocycles. The molecule has 0 aliphatic heterocycles. The highest BCUT2D eigenvalue weighted by atomic mass is 35.5. The van der Waals surface area contributed by atoms with Gasteiger partial charge in [0, 0.05) is 0 Å². The van der Waals surface area contributed by atoms with Crippen LogP contribution in [0.3, 0.4) is 0 Å². The first-order valence-corrected chi connectivity index (χ1v) is 5.80. The van der Waals surface area contributed by atoms with Gasteiger partial charge in [-0.2, -0.15) is 0 Å². The van der Waals surface area contributed by atoms with Crippen LogP contribution in [-0.4, -0.2) is 12.5 Å². The predicted octanol–water partition coefficient (Wildman–Crippen LogP) is 2.52. The highest BCUT2D eigenvalue weighted by molar-refractivity contribution is 6.42. The molecule has 3 N–H and O–H groups in total. The molecule has 0 bridgehead atoms. The molecule has 88 valence electrons. The third-order valence-electron chi connectivity index (χ3n) is 2.18. The van der Waals surface area contributed by atoms with Gasteiger partial charge in [-0.25, -0.2) is 0 Å². The van der Waals surface area contributed by atoms with Crippen LogP contribution in [-0.2, 0) is 4.79 Å². The quantitative estimate of drug-likeness (QED) is 0.855. The van der Waals surface area contributed by atoms with Crippen LogP contribution in [0.15, 0.2) is 18.2 Å². The van der Waals surface area contributed by atoms with E-state index in [1.54, 1.807) is 18.2 Å². The number of nitrogens with two attached hydrogens (primary N) is 1. The van der Waals surface area contributed by atoms with Crippen molar-refractivity contribution in [2.24, 2.45) is 5.73 Å². The van der Waals surface area contributed by atoms with Crippen LogP contribution >= 0.6 is 23.2 Å². The van der Waals surface area contributed by atoms with E-state index in [4.69, 9.17) is 28.9 Å². The maximum absolute atomic E-state index is 11.3. The van der Waals surface area contributed by atoms with Crippen LogP contribution in [0.2, 0.25) is 10.0 Å². The van der Waals surface area contributed by atoms with Gasteiger partial charge < -0.3 is 11.1 Å². The third kappa shape index (κ3) is 3.11. The SMILES string of the molecule is CCCNC(C(N)=O)c1cccc(Cl)c1Cl. The lowest BCUT2D eigenvalue weighted by molar-refractivity contribution is -0.120. The van der Waals surface area contributed by atoms with Crippen LogP contribution in [0.5, 0.6) is 0 Å². The summed E-state index contributed by atoms with van der Waals surface area (Å²) in [6.45, 7) is 2.70. The summed E-state index contributed by atoms with van der Waals surface area (Å²) in [7, 11) is 0. The Labute approximate surface area is 105 Å². The molecule has 1 aromatic rings. The number of hydrogen-bond donors (Lipinski definition) is 2. The van der Waals surface area contributed by atoms with Crippen LogP contribution in [0.25, 0.3) is 0 Å². The normalized spacial score (nSPS) is 12.4. The maximum Gasteiger partial charge on any atom is 0.239 e. The van der Waals surface area contributed by atoms with Crippen molar-refractivity contribution in [3.05, 3.63) is 33.8 Å². The molecule has 1 atom stereocenters. The van der Waals surface area contributed by atoms with Gasteiger partial charge in [0.25, 0.3) is 0 Å². The number of carbonyl (C=O) groups is 1. The fourth-order valence-electron chi connectivity index (χ4n) is 1.40. The highest BCUT2D eigenvalue weighted by Crippen LogP contribution is 2.29. The monoisotopic (exact) mass is 260 g/mol. The van der Waals surface area contributed by atoms with Gasteiger partial charge in [-0.15, -0.1) is 0 Å². The van der Waals surface area contributed by atoms with E-state index in [0.29, 0.717) is 22.2 Å². The summed E-state index contributed by atoms with van der Waals surface area (Å²) in [6, 6.07) is 4.57. The molecule has 0 spiro atoms. The molecule has 5 heteroatoms. The molecule has 0 heterocycles. The van der Waals surface area contributed by atoms with Crippen LogP contribution in [0, 0.1) is 0 Å². The fourth-order valence-corrected chi connectivity index (χ4v) is 1.81. The summed E-state index contributed by atoms with van der Waals surface area (Å²) in [5, 5.41) is 3.83. The molecule has 1 amide bonds. The van der Waals surface area contributed by atoms with Gasteiger partial charge >= 0.3 is 0 Å². The molecule has 0 aliphatic rings. The molecule has 0 aliphatic carbocycles. The average Bonchev–Trinajstić information content (AvgIpc) is 2.24. The van der Waals surface area contributed by atoms with E-state index in [1.807, 2.05) is 6.92 Å². The Kier molecular flexibility index (Phi) is 5.06. The first-order chi connectivity index (χ1) is 7.57. The second-order valence-electron chi connectivity index (χ2n) is 3.43. The number of primary amides is 1. The van der Waals surface area contributed by atoms with E-state index in [1.165, 1.54) is 0 Å². The van der Waals surface area contributed by atoms with E-state index in [2.05, 4.69) is 5.32 Å². The Hall–Kier alpha value is -0.770. The summed E-state index contributed by atoms with van der Waals surface area (Å²) in [5.41, 5.74) is 5.95. The van der Waals surface area contributed by atoms with Crippen LogP contribution in [0.1, 0.15) is 24.9 Å². The second kappa shape index (κ2) is 6.09. The van der Waals surface area contributed by atoms with E-state index in [0.717, 1.165) is 6.42 Å². The minimum absolute atomic E-state index is 0.372. The maximum atomic E-state index is 11.3. The Morgan fingerprint density at radius 1 is 1.50 bits per heavy atom. The van der Waals surface area contributed by atoms with Gasteiger partial charge in [0.15, 0.2) is 0 Å². The standard InChI is InChI=1S/C11H14Cl2N2O/c1-2-6-15-10(11(14)16)7-4-3-5-8(12)9(7)13/h3-5,10,15H,2,6H2,1H3,(H2,14,16). The number of rotatable bonds is 5. The number of carbonyl (C=O) groups excluding carboxylic acids is 1. The van der Waals surface area contributed by atoms with Gasteiger partial charge in [-0.1, -0.05) is 42.3 Å². The Bertz CT molecular complexity index is 382. The van der Waals surface area contributed by atoms with Crippen molar-refractivity contribution >= 4 is 29.1 Å². The lowest BCUT2D eigenvalue weighted by Gasteiger charge is -2.17. The molecule has 0 saturated carbocycles. The van der Waals surface area contributed by atoms with E-state index in [9.17, 15) is 4.79 Å². The number of nitrogens with one attached hydrogen (secondary N) is 1. The number of hydrogen-bond acceptors (Lipinski definition) is 2. The summed E-state index contributed by atoms with van der Waals surface area (Å²) >= 11 is 11.9. The van der Waals surface area contributed by atoms with Crippen molar-refractivity contribution in [2.75, 3.05) is 6.54 Å². The first-order valence-electron chi connectivity index (χ1n) is 5.04. The fraction of sp³-hybridized carbons (Fsp3) is 0.364. The zero-order chi connectivity index (χ0) is 12.1. The molecule has 0 aromatic heterocycles. The molecular formula is C11H14Cl2N2O. The van der Waals surface area contributed by atoms with Crippen LogP contribution < -0.4 is 11.1 Å². The van der Waals surface area contributed by atoms with E-state index in [-0.39, 0.29) is 0 Å². The Morgan fingerprint density at radius 2 is 2.19 bits per heavy atom. The molecule has 0 fully saturated rings. The number of benzene rings is 1. The molecular weight excluding hydrogens is 247 g/mol. The molecule has 0 saturated heterocycles. The second-order valence-corrected chi connectivity index (χ2v) is 4.22. The summed E-state index contributed by atoms with van der Waals surface area (Å²) in [5.74, 6) is -0.461. The molecule has 16 heavy (non-hydrogen) atoms. The zero-order valence-corrected chi connectivity index (χ0v) is 10.5. The largest absolute Gasteiger partial charge is 0.368 e. The first kappa shape index (κ1) is 13.3. The lowest BCUT2D eigenvalue weighted by Crippen LogP contribution is -2.34. The summed E-state index contributed by atoms with van der Waals surface area (Å²) in [6.07, 6.45) is 0.905. The predicted molar refractivity (Wildman–Crippen MR) is 66.7 cm³/mol. The minimum atomic E-state index is -0.592. The van der Waals surface area contributed by atoms with Crippen LogP contribution in [0.4, 0.5) is 0 Å².